The van der Waals surface area contributed by atoms with Gasteiger partial charge >= 0.3 is 12.1 Å². The first-order chi connectivity index (χ1) is 11.8. The SMILES string of the molecule is COC(=O)c1ccccc1C1CC2CCC(C1)N2C(=O)OC(C)(C)C. The summed E-state index contributed by atoms with van der Waals surface area (Å²) in [5.74, 6) is -0.0241. The highest BCUT2D eigenvalue weighted by molar-refractivity contribution is 5.91. The van der Waals surface area contributed by atoms with Crippen molar-refractivity contribution >= 4 is 12.1 Å². The third kappa shape index (κ3) is 3.65. The van der Waals surface area contributed by atoms with Crippen LogP contribution >= 0.6 is 0 Å². The molecule has 3 rings (SSSR count). The molecule has 1 amide bonds. The van der Waals surface area contributed by atoms with Crippen LogP contribution in [-0.4, -0.2) is 41.8 Å². The molecule has 1 aromatic rings. The Morgan fingerprint density at radius 1 is 1.08 bits per heavy atom. The van der Waals surface area contributed by atoms with Crippen molar-refractivity contribution in [3.63, 3.8) is 0 Å². The van der Waals surface area contributed by atoms with Gasteiger partial charge in [-0.2, -0.15) is 0 Å². The van der Waals surface area contributed by atoms with Gasteiger partial charge in [-0.3, -0.25) is 0 Å². The third-order valence-corrected chi connectivity index (χ3v) is 5.14. The lowest BCUT2D eigenvalue weighted by molar-refractivity contribution is 0.00571. The monoisotopic (exact) mass is 345 g/mol. The van der Waals surface area contributed by atoms with Gasteiger partial charge in [0, 0.05) is 12.1 Å². The molecule has 2 aliphatic rings. The summed E-state index contributed by atoms with van der Waals surface area (Å²) < 4.78 is 10.5. The van der Waals surface area contributed by atoms with Crippen molar-refractivity contribution in [1.29, 1.82) is 0 Å². The fraction of sp³-hybridized carbons (Fsp3) is 0.600. The van der Waals surface area contributed by atoms with E-state index in [4.69, 9.17) is 9.47 Å². The normalized spacial score (nSPS) is 25.6. The lowest BCUT2D eigenvalue weighted by atomic mass is 9.83. The Labute approximate surface area is 149 Å². The molecule has 2 heterocycles. The number of carbonyl (C=O) groups excluding carboxylic acids is 2. The number of nitrogens with zero attached hydrogens (tertiary/aromatic N) is 1. The van der Waals surface area contributed by atoms with Gasteiger partial charge in [-0.15, -0.1) is 0 Å². The number of hydrogen-bond donors (Lipinski definition) is 0. The predicted molar refractivity (Wildman–Crippen MR) is 94.6 cm³/mol. The summed E-state index contributed by atoms with van der Waals surface area (Å²) in [5.41, 5.74) is 1.19. The molecule has 0 aromatic heterocycles. The Morgan fingerprint density at radius 2 is 1.68 bits per heavy atom. The van der Waals surface area contributed by atoms with Crippen molar-refractivity contribution in [3.05, 3.63) is 35.4 Å². The highest BCUT2D eigenvalue weighted by Crippen LogP contribution is 2.44. The van der Waals surface area contributed by atoms with Crippen LogP contribution in [0.3, 0.4) is 0 Å². The Bertz CT molecular complexity index is 650. The van der Waals surface area contributed by atoms with Crippen LogP contribution in [0.2, 0.25) is 0 Å². The Hall–Kier alpha value is -2.04. The quantitative estimate of drug-likeness (QED) is 0.757. The summed E-state index contributed by atoms with van der Waals surface area (Å²) in [6.07, 6.45) is 3.52. The van der Waals surface area contributed by atoms with E-state index in [-0.39, 0.29) is 30.1 Å². The Balaban J connectivity index is 1.79. The molecule has 0 radical (unpaired) electrons. The molecule has 0 saturated carbocycles. The van der Waals surface area contributed by atoms with Crippen molar-refractivity contribution in [3.8, 4) is 0 Å². The van der Waals surface area contributed by atoms with Gasteiger partial charge in [0.1, 0.15) is 5.60 Å². The Kier molecular flexibility index (Phi) is 4.76. The van der Waals surface area contributed by atoms with E-state index in [1.54, 1.807) is 0 Å². The van der Waals surface area contributed by atoms with Gasteiger partial charge < -0.3 is 14.4 Å². The zero-order chi connectivity index (χ0) is 18.2. The fourth-order valence-corrected chi connectivity index (χ4v) is 4.19. The molecule has 0 N–H and O–H groups in total. The number of esters is 1. The number of fused-ring (bicyclic) bond motifs is 2. The largest absolute Gasteiger partial charge is 0.465 e. The highest BCUT2D eigenvalue weighted by Gasteiger charge is 2.45. The second kappa shape index (κ2) is 6.70. The highest BCUT2D eigenvalue weighted by atomic mass is 16.6. The van der Waals surface area contributed by atoms with E-state index in [0.29, 0.717) is 5.56 Å². The number of rotatable bonds is 2. The number of ether oxygens (including phenoxy) is 2. The molecule has 1 aromatic carbocycles. The summed E-state index contributed by atoms with van der Waals surface area (Å²) in [5, 5.41) is 0. The van der Waals surface area contributed by atoms with Crippen molar-refractivity contribution in [2.75, 3.05) is 7.11 Å². The fourth-order valence-electron chi connectivity index (χ4n) is 4.19. The number of methoxy groups -OCH3 is 1. The van der Waals surface area contributed by atoms with Gasteiger partial charge in [-0.25, -0.2) is 9.59 Å². The minimum absolute atomic E-state index is 0.185. The maximum absolute atomic E-state index is 12.6. The van der Waals surface area contributed by atoms with Crippen LogP contribution in [0.1, 0.15) is 68.3 Å². The standard InChI is InChI=1S/C20H27NO4/c1-20(2,3)25-19(23)21-14-9-10-15(21)12-13(11-14)16-7-5-6-8-17(16)18(22)24-4/h5-8,13-15H,9-12H2,1-4H3. The zero-order valence-electron chi connectivity index (χ0n) is 15.5. The number of amides is 1. The van der Waals surface area contributed by atoms with Gasteiger partial charge in [-0.05, 0) is 64.0 Å². The van der Waals surface area contributed by atoms with Gasteiger partial charge in [0.05, 0.1) is 12.7 Å². The minimum atomic E-state index is -0.481. The summed E-state index contributed by atoms with van der Waals surface area (Å²) in [6.45, 7) is 5.69. The molecule has 2 aliphatic heterocycles. The molecular weight excluding hydrogens is 318 g/mol. The van der Waals surface area contributed by atoms with E-state index in [1.807, 2.05) is 49.9 Å². The average Bonchev–Trinajstić information content (AvgIpc) is 2.83. The molecule has 25 heavy (non-hydrogen) atoms. The van der Waals surface area contributed by atoms with E-state index < -0.39 is 5.60 Å². The summed E-state index contributed by atoms with van der Waals surface area (Å²) in [7, 11) is 1.41. The molecule has 5 heteroatoms. The number of piperidine rings is 1. The van der Waals surface area contributed by atoms with Crippen LogP contribution in [0.15, 0.2) is 24.3 Å². The third-order valence-electron chi connectivity index (χ3n) is 5.14. The molecule has 0 aliphatic carbocycles. The van der Waals surface area contributed by atoms with Crippen LogP contribution in [0.4, 0.5) is 4.79 Å². The van der Waals surface area contributed by atoms with Gasteiger partial charge in [0.2, 0.25) is 0 Å². The first-order valence-corrected chi connectivity index (χ1v) is 8.98. The van der Waals surface area contributed by atoms with E-state index in [2.05, 4.69) is 0 Å². The van der Waals surface area contributed by atoms with Crippen LogP contribution in [-0.2, 0) is 9.47 Å². The van der Waals surface area contributed by atoms with Gasteiger partial charge in [-0.1, -0.05) is 18.2 Å². The maximum atomic E-state index is 12.6. The van der Waals surface area contributed by atoms with E-state index >= 15 is 0 Å². The maximum Gasteiger partial charge on any atom is 0.410 e. The zero-order valence-corrected chi connectivity index (χ0v) is 15.5. The molecule has 2 atom stereocenters. The lowest BCUT2D eigenvalue weighted by Crippen LogP contribution is -2.48. The second-order valence-corrected chi connectivity index (χ2v) is 8.02. The van der Waals surface area contributed by atoms with Crippen LogP contribution in [0.5, 0.6) is 0 Å². The topological polar surface area (TPSA) is 55.8 Å². The summed E-state index contributed by atoms with van der Waals surface area (Å²) in [4.78, 5) is 26.6. The van der Waals surface area contributed by atoms with E-state index in [1.165, 1.54) is 7.11 Å². The second-order valence-electron chi connectivity index (χ2n) is 8.02. The molecule has 136 valence electrons. The van der Waals surface area contributed by atoms with Crippen molar-refractivity contribution in [2.24, 2.45) is 0 Å². The summed E-state index contributed by atoms with van der Waals surface area (Å²) >= 11 is 0. The van der Waals surface area contributed by atoms with Gasteiger partial charge in [0.25, 0.3) is 0 Å². The van der Waals surface area contributed by atoms with Gasteiger partial charge in [0.15, 0.2) is 0 Å². The lowest BCUT2D eigenvalue weighted by Gasteiger charge is -2.40. The molecule has 5 nitrogen and oxygen atoms in total. The molecule has 2 fully saturated rings. The van der Waals surface area contributed by atoms with Crippen LogP contribution in [0.25, 0.3) is 0 Å². The Morgan fingerprint density at radius 3 is 2.24 bits per heavy atom. The molecule has 2 unspecified atom stereocenters. The first-order valence-electron chi connectivity index (χ1n) is 8.98. The van der Waals surface area contributed by atoms with Crippen LogP contribution in [0, 0.1) is 0 Å². The van der Waals surface area contributed by atoms with E-state index in [9.17, 15) is 9.59 Å². The van der Waals surface area contributed by atoms with Crippen molar-refractivity contribution in [1.82, 2.24) is 4.90 Å². The number of benzene rings is 1. The van der Waals surface area contributed by atoms with Crippen molar-refractivity contribution in [2.45, 2.75) is 70.1 Å². The van der Waals surface area contributed by atoms with Crippen LogP contribution < -0.4 is 0 Å². The molecule has 0 spiro atoms. The predicted octanol–water partition coefficient (Wildman–Crippen LogP) is 4.12. The molecular formula is C20H27NO4. The molecule has 2 bridgehead atoms. The van der Waals surface area contributed by atoms with Crippen molar-refractivity contribution < 1.29 is 19.1 Å². The average molecular weight is 345 g/mol. The number of hydrogen-bond acceptors (Lipinski definition) is 4. The molecule has 2 saturated heterocycles. The van der Waals surface area contributed by atoms with E-state index in [0.717, 1.165) is 31.2 Å². The summed E-state index contributed by atoms with van der Waals surface area (Å²) in [6, 6.07) is 8.03. The smallest absolute Gasteiger partial charge is 0.410 e. The minimum Gasteiger partial charge on any atom is -0.465 e. The first kappa shape index (κ1) is 17.8. The number of carbonyl (C=O) groups is 2.